The van der Waals surface area contributed by atoms with E-state index in [1.54, 1.807) is 55.6 Å². The van der Waals surface area contributed by atoms with Crippen LogP contribution < -0.4 is 9.64 Å². The number of carbonyl (C=O) groups excluding carboxylic acids is 3. The van der Waals surface area contributed by atoms with E-state index in [1.807, 2.05) is 0 Å². The molecule has 1 fully saturated rings. The van der Waals surface area contributed by atoms with Gasteiger partial charge >= 0.3 is 0 Å². The Labute approximate surface area is 162 Å². The van der Waals surface area contributed by atoms with Crippen molar-refractivity contribution in [1.82, 2.24) is 4.90 Å². The van der Waals surface area contributed by atoms with Gasteiger partial charge in [0.15, 0.2) is 5.78 Å². The molecule has 2 aromatic rings. The topological polar surface area (TPSA) is 87.2 Å². The Balaban J connectivity index is 1.69. The molecule has 2 heterocycles. The van der Waals surface area contributed by atoms with Crippen LogP contribution in [0.2, 0.25) is 0 Å². The van der Waals surface area contributed by atoms with Crippen LogP contribution in [0.4, 0.5) is 5.69 Å². The number of rotatable bonds is 4. The molecule has 1 saturated heterocycles. The number of benzene rings is 2. The second-order valence-corrected chi connectivity index (χ2v) is 6.96. The summed E-state index contributed by atoms with van der Waals surface area (Å²) in [6.07, 6.45) is -0.575. The summed E-state index contributed by atoms with van der Waals surface area (Å²) < 4.78 is 5.11. The number of hydrogen-bond acceptors (Lipinski definition) is 5. The number of Topliss-reactive ketones (excluding diaryl/α,β-unsaturated/α-hetero) is 1. The predicted molar refractivity (Wildman–Crippen MR) is 102 cm³/mol. The molecule has 0 unspecified atom stereocenters. The Bertz CT molecular complexity index is 940. The lowest BCUT2D eigenvalue weighted by molar-refractivity contribution is -0.122. The molecule has 0 aliphatic carbocycles. The van der Waals surface area contributed by atoms with Crippen LogP contribution in [0.1, 0.15) is 27.1 Å². The van der Waals surface area contributed by atoms with E-state index >= 15 is 0 Å². The van der Waals surface area contributed by atoms with Crippen molar-refractivity contribution in [3.8, 4) is 5.75 Å². The van der Waals surface area contributed by atoms with Gasteiger partial charge in [0.1, 0.15) is 11.8 Å². The van der Waals surface area contributed by atoms with Crippen molar-refractivity contribution in [2.45, 2.75) is 18.6 Å². The predicted octanol–water partition coefficient (Wildman–Crippen LogP) is 1.50. The van der Waals surface area contributed by atoms with Crippen LogP contribution in [0, 0.1) is 0 Å². The van der Waals surface area contributed by atoms with Crippen molar-refractivity contribution >= 4 is 23.3 Å². The van der Waals surface area contributed by atoms with Gasteiger partial charge < -0.3 is 19.6 Å². The molecule has 7 heteroatoms. The maximum atomic E-state index is 13.2. The molecule has 1 N–H and O–H groups in total. The summed E-state index contributed by atoms with van der Waals surface area (Å²) in [6.45, 7) is -0.0697. The maximum absolute atomic E-state index is 13.2. The lowest BCUT2D eigenvalue weighted by atomic mass is 10.1. The first kappa shape index (κ1) is 18.2. The summed E-state index contributed by atoms with van der Waals surface area (Å²) in [7, 11) is 1.54. The fourth-order valence-corrected chi connectivity index (χ4v) is 3.79. The van der Waals surface area contributed by atoms with Crippen LogP contribution >= 0.6 is 0 Å². The van der Waals surface area contributed by atoms with Crippen LogP contribution in [-0.4, -0.2) is 59.9 Å². The summed E-state index contributed by atoms with van der Waals surface area (Å²) in [5.41, 5.74) is 1.23. The van der Waals surface area contributed by atoms with E-state index in [2.05, 4.69) is 0 Å². The number of amides is 2. The van der Waals surface area contributed by atoms with Crippen molar-refractivity contribution in [3.63, 3.8) is 0 Å². The first-order valence-electron chi connectivity index (χ1n) is 9.06. The van der Waals surface area contributed by atoms with Gasteiger partial charge in [0.05, 0.1) is 31.0 Å². The second-order valence-electron chi connectivity index (χ2n) is 6.96. The number of anilines is 1. The van der Waals surface area contributed by atoms with Gasteiger partial charge in [-0.1, -0.05) is 12.1 Å². The third-order valence-corrected chi connectivity index (χ3v) is 5.23. The van der Waals surface area contributed by atoms with Crippen molar-refractivity contribution in [3.05, 3.63) is 59.7 Å². The highest BCUT2D eigenvalue weighted by molar-refractivity contribution is 6.14. The average molecular weight is 380 g/mol. The Morgan fingerprint density at radius 3 is 2.57 bits per heavy atom. The van der Waals surface area contributed by atoms with E-state index in [0.29, 0.717) is 22.6 Å². The molecule has 0 spiro atoms. The zero-order chi connectivity index (χ0) is 19.8. The summed E-state index contributed by atoms with van der Waals surface area (Å²) >= 11 is 0. The third-order valence-electron chi connectivity index (χ3n) is 5.23. The van der Waals surface area contributed by atoms with Crippen molar-refractivity contribution in [2.75, 3.05) is 25.1 Å². The SMILES string of the molecule is COc1ccc(C(=O)CN2C(=O)[C@@H]3C[C@H](O)CN3C(=O)c3ccccc32)cc1. The van der Waals surface area contributed by atoms with Crippen molar-refractivity contribution < 1.29 is 24.2 Å². The minimum absolute atomic E-state index is 0.115. The zero-order valence-corrected chi connectivity index (χ0v) is 15.4. The molecule has 7 nitrogen and oxygen atoms in total. The molecule has 0 saturated carbocycles. The molecule has 2 aromatic carbocycles. The lowest BCUT2D eigenvalue weighted by Crippen LogP contribution is -2.46. The van der Waals surface area contributed by atoms with Crippen LogP contribution in [0.15, 0.2) is 48.5 Å². The fourth-order valence-electron chi connectivity index (χ4n) is 3.79. The van der Waals surface area contributed by atoms with E-state index < -0.39 is 12.1 Å². The molecule has 0 bridgehead atoms. The molecule has 28 heavy (non-hydrogen) atoms. The lowest BCUT2D eigenvalue weighted by Gasteiger charge is -2.25. The maximum Gasteiger partial charge on any atom is 0.256 e. The Morgan fingerprint density at radius 1 is 1.14 bits per heavy atom. The minimum atomic E-state index is -0.765. The van der Waals surface area contributed by atoms with Crippen molar-refractivity contribution in [1.29, 1.82) is 0 Å². The fraction of sp³-hybridized carbons (Fsp3) is 0.286. The van der Waals surface area contributed by atoms with Gasteiger partial charge in [-0.15, -0.1) is 0 Å². The largest absolute Gasteiger partial charge is 0.497 e. The number of nitrogens with zero attached hydrogens (tertiary/aromatic N) is 2. The zero-order valence-electron chi connectivity index (χ0n) is 15.4. The molecule has 4 rings (SSSR count). The standard InChI is InChI=1S/C21H20N2O5/c1-28-15-8-6-13(7-9-15)19(25)12-23-17-5-3-2-4-16(17)20(26)22-11-14(24)10-18(22)21(23)27/h2-9,14,18,24H,10-12H2,1H3/t14-,18-/m0/s1. The van der Waals surface area contributed by atoms with Crippen LogP contribution in [0.25, 0.3) is 0 Å². The molecule has 2 aliphatic rings. The van der Waals surface area contributed by atoms with Gasteiger partial charge in [0.2, 0.25) is 5.91 Å². The first-order chi connectivity index (χ1) is 13.5. The van der Waals surface area contributed by atoms with Gasteiger partial charge in [-0.25, -0.2) is 0 Å². The van der Waals surface area contributed by atoms with Gasteiger partial charge in [-0.05, 0) is 36.4 Å². The molecule has 2 amide bonds. The van der Waals surface area contributed by atoms with E-state index in [9.17, 15) is 19.5 Å². The number of ketones is 1. The number of methoxy groups -OCH3 is 1. The first-order valence-corrected chi connectivity index (χ1v) is 9.06. The average Bonchev–Trinajstić information content (AvgIpc) is 3.09. The number of aliphatic hydroxyl groups is 1. The molecule has 0 radical (unpaired) electrons. The minimum Gasteiger partial charge on any atom is -0.497 e. The number of aliphatic hydroxyl groups excluding tert-OH is 1. The van der Waals surface area contributed by atoms with Crippen molar-refractivity contribution in [2.24, 2.45) is 0 Å². The number of fused-ring (bicyclic) bond motifs is 2. The molecule has 2 aliphatic heterocycles. The second kappa shape index (κ2) is 7.09. The number of hydrogen-bond donors (Lipinski definition) is 1. The van der Waals surface area contributed by atoms with Crippen LogP contribution in [-0.2, 0) is 4.79 Å². The molecule has 144 valence electrons. The number of carbonyl (C=O) groups is 3. The summed E-state index contributed by atoms with van der Waals surface area (Å²) in [5.74, 6) is -0.263. The van der Waals surface area contributed by atoms with Crippen LogP contribution in [0.5, 0.6) is 5.75 Å². The summed E-state index contributed by atoms with van der Waals surface area (Å²) in [5, 5.41) is 9.99. The van der Waals surface area contributed by atoms with E-state index in [-0.39, 0.29) is 37.1 Å². The van der Waals surface area contributed by atoms with Gasteiger partial charge in [0, 0.05) is 18.5 Å². The Kier molecular flexibility index (Phi) is 4.60. The molecule has 2 atom stereocenters. The summed E-state index contributed by atoms with van der Waals surface area (Å²) in [4.78, 5) is 41.7. The van der Waals surface area contributed by atoms with Crippen LogP contribution in [0.3, 0.4) is 0 Å². The Hall–Kier alpha value is -3.19. The summed E-state index contributed by atoms with van der Waals surface area (Å²) in [6, 6.07) is 12.7. The smallest absolute Gasteiger partial charge is 0.256 e. The quantitative estimate of drug-likeness (QED) is 0.813. The number of para-hydroxylation sites is 1. The van der Waals surface area contributed by atoms with Gasteiger partial charge in [-0.3, -0.25) is 14.4 Å². The highest BCUT2D eigenvalue weighted by atomic mass is 16.5. The van der Waals surface area contributed by atoms with Gasteiger partial charge in [-0.2, -0.15) is 0 Å². The monoisotopic (exact) mass is 380 g/mol. The van der Waals surface area contributed by atoms with E-state index in [0.717, 1.165) is 0 Å². The third kappa shape index (κ3) is 3.03. The van der Waals surface area contributed by atoms with E-state index in [1.165, 1.54) is 9.80 Å². The number of ether oxygens (including phenoxy) is 1. The molecule has 0 aromatic heterocycles. The highest BCUT2D eigenvalue weighted by Crippen LogP contribution is 2.32. The van der Waals surface area contributed by atoms with Gasteiger partial charge in [0.25, 0.3) is 5.91 Å². The van der Waals surface area contributed by atoms with E-state index in [4.69, 9.17) is 4.74 Å². The highest BCUT2D eigenvalue weighted by Gasteiger charge is 2.45. The normalized spacial score (nSPS) is 21.2. The Morgan fingerprint density at radius 2 is 1.86 bits per heavy atom. The molecular weight excluding hydrogens is 360 g/mol. The molecular formula is C21H20N2O5.